The van der Waals surface area contributed by atoms with Crippen LogP contribution in [0.4, 0.5) is 4.39 Å². The number of halogens is 1. The molecule has 0 N–H and O–H groups in total. The molecule has 35 heavy (non-hydrogen) atoms. The Labute approximate surface area is 203 Å². The number of carbonyl (C=O) groups excluding carboxylic acids is 2. The molecule has 1 aliphatic rings. The fourth-order valence-electron chi connectivity index (χ4n) is 3.89. The van der Waals surface area contributed by atoms with Crippen molar-refractivity contribution in [2.75, 3.05) is 14.2 Å². The number of ether oxygens (including phenoxy) is 2. The molecule has 2 heterocycles. The van der Waals surface area contributed by atoms with E-state index in [2.05, 4.69) is 5.10 Å². The SMILES string of the molecule is COC(=O)c1c(-c2c(F)cccc2B2OC(C)(C)C(C)(C)O2)nn(-c2ccccc2)c1C(=O)OC. The largest absolute Gasteiger partial charge is 0.495 e. The first-order chi connectivity index (χ1) is 16.5. The van der Waals surface area contributed by atoms with Crippen molar-refractivity contribution in [2.45, 2.75) is 38.9 Å². The van der Waals surface area contributed by atoms with Crippen LogP contribution >= 0.6 is 0 Å². The normalized spacial score (nSPS) is 16.3. The van der Waals surface area contributed by atoms with Crippen LogP contribution in [-0.4, -0.2) is 54.3 Å². The van der Waals surface area contributed by atoms with Crippen molar-refractivity contribution in [1.29, 1.82) is 0 Å². The number of benzene rings is 2. The van der Waals surface area contributed by atoms with Crippen LogP contribution in [0, 0.1) is 5.82 Å². The topological polar surface area (TPSA) is 88.9 Å². The summed E-state index contributed by atoms with van der Waals surface area (Å²) in [6, 6.07) is 13.1. The van der Waals surface area contributed by atoms with Crippen LogP contribution in [0.1, 0.15) is 48.5 Å². The van der Waals surface area contributed by atoms with Crippen molar-refractivity contribution < 1.29 is 32.8 Å². The first-order valence-corrected chi connectivity index (χ1v) is 11.0. The Bertz CT molecular complexity index is 1270. The van der Waals surface area contributed by atoms with Crippen LogP contribution in [0.25, 0.3) is 16.9 Å². The fourth-order valence-corrected chi connectivity index (χ4v) is 3.89. The number of aromatic nitrogens is 2. The summed E-state index contributed by atoms with van der Waals surface area (Å²) in [6.45, 7) is 7.52. The van der Waals surface area contributed by atoms with E-state index < -0.39 is 36.1 Å². The summed E-state index contributed by atoms with van der Waals surface area (Å²) < 4.78 is 39.0. The summed E-state index contributed by atoms with van der Waals surface area (Å²) in [7, 11) is 1.41. The van der Waals surface area contributed by atoms with Gasteiger partial charge < -0.3 is 18.8 Å². The highest BCUT2D eigenvalue weighted by atomic mass is 19.1. The molecule has 0 spiro atoms. The quantitative estimate of drug-likeness (QED) is 0.408. The van der Waals surface area contributed by atoms with Gasteiger partial charge in [-0.2, -0.15) is 5.10 Å². The molecule has 2 aromatic carbocycles. The predicted molar refractivity (Wildman–Crippen MR) is 127 cm³/mol. The molecule has 1 aliphatic heterocycles. The van der Waals surface area contributed by atoms with E-state index in [0.717, 1.165) is 0 Å². The molecule has 0 radical (unpaired) electrons. The minimum atomic E-state index is -0.945. The zero-order chi connectivity index (χ0) is 25.5. The molecular formula is C25H26BFN2O6. The van der Waals surface area contributed by atoms with Crippen LogP contribution < -0.4 is 5.46 Å². The lowest BCUT2D eigenvalue weighted by molar-refractivity contribution is 0.00578. The summed E-state index contributed by atoms with van der Waals surface area (Å²) >= 11 is 0. The number of methoxy groups -OCH3 is 2. The fraction of sp³-hybridized carbons (Fsp3) is 0.320. The summed E-state index contributed by atoms with van der Waals surface area (Å²) in [5, 5.41) is 4.52. The highest BCUT2D eigenvalue weighted by Crippen LogP contribution is 2.38. The molecular weight excluding hydrogens is 454 g/mol. The minimum absolute atomic E-state index is 0.0359. The van der Waals surface area contributed by atoms with Gasteiger partial charge in [0.05, 0.1) is 31.1 Å². The van der Waals surface area contributed by atoms with Gasteiger partial charge in [0.25, 0.3) is 0 Å². The summed E-state index contributed by atoms with van der Waals surface area (Å²) in [5.74, 6) is -2.37. The highest BCUT2D eigenvalue weighted by molar-refractivity contribution is 6.64. The predicted octanol–water partition coefficient (Wildman–Crippen LogP) is 3.55. The molecule has 3 aromatic rings. The molecule has 1 fully saturated rings. The number of hydrogen-bond donors (Lipinski definition) is 0. The van der Waals surface area contributed by atoms with E-state index in [1.165, 1.54) is 31.0 Å². The first kappa shape index (κ1) is 24.6. The Morgan fingerprint density at radius 3 is 2.09 bits per heavy atom. The number of carbonyl (C=O) groups is 2. The van der Waals surface area contributed by atoms with Gasteiger partial charge in [-0.1, -0.05) is 30.3 Å². The van der Waals surface area contributed by atoms with Crippen LogP contribution in [0.15, 0.2) is 48.5 Å². The van der Waals surface area contributed by atoms with Crippen molar-refractivity contribution in [3.8, 4) is 16.9 Å². The maximum absolute atomic E-state index is 15.5. The second-order valence-electron chi connectivity index (χ2n) is 9.10. The standard InChI is InChI=1S/C25H26BFN2O6/c1-24(2)25(3,4)35-26(34-24)16-13-10-14-17(27)18(16)20-19(22(30)32-5)21(23(31)33-6)29(28-20)15-11-8-7-9-12-15/h7-14H,1-6H3. The maximum atomic E-state index is 15.5. The van der Waals surface area contributed by atoms with Crippen LogP contribution in [0.3, 0.4) is 0 Å². The molecule has 8 nitrogen and oxygen atoms in total. The Morgan fingerprint density at radius 1 is 0.914 bits per heavy atom. The Kier molecular flexibility index (Phi) is 6.29. The minimum Gasteiger partial charge on any atom is -0.465 e. The molecule has 0 bridgehead atoms. The van der Waals surface area contributed by atoms with Crippen molar-refractivity contribution in [3.05, 3.63) is 65.6 Å². The molecule has 1 aromatic heterocycles. The van der Waals surface area contributed by atoms with Gasteiger partial charge in [-0.15, -0.1) is 0 Å². The van der Waals surface area contributed by atoms with E-state index in [1.54, 1.807) is 36.4 Å². The Hall–Kier alpha value is -3.50. The molecule has 1 saturated heterocycles. The Balaban J connectivity index is 2.02. The number of para-hydroxylation sites is 1. The molecule has 10 heteroatoms. The number of rotatable bonds is 5. The molecule has 4 rings (SSSR count). The monoisotopic (exact) mass is 480 g/mol. The van der Waals surface area contributed by atoms with E-state index in [-0.39, 0.29) is 22.5 Å². The van der Waals surface area contributed by atoms with Gasteiger partial charge in [0.2, 0.25) is 0 Å². The lowest BCUT2D eigenvalue weighted by atomic mass is 9.74. The summed E-state index contributed by atoms with van der Waals surface area (Å²) in [5.41, 5.74) is -1.13. The smallest absolute Gasteiger partial charge is 0.465 e. The first-order valence-electron chi connectivity index (χ1n) is 11.0. The number of nitrogens with zero attached hydrogens (tertiary/aromatic N) is 2. The average molecular weight is 480 g/mol. The maximum Gasteiger partial charge on any atom is 0.495 e. The van der Waals surface area contributed by atoms with Gasteiger partial charge in [0, 0.05) is 5.56 Å². The third-order valence-electron chi connectivity index (χ3n) is 6.44. The lowest BCUT2D eigenvalue weighted by Gasteiger charge is -2.32. The zero-order valence-corrected chi connectivity index (χ0v) is 20.4. The molecule has 182 valence electrons. The van der Waals surface area contributed by atoms with Crippen LogP contribution in [0.5, 0.6) is 0 Å². The van der Waals surface area contributed by atoms with Gasteiger partial charge in [-0.25, -0.2) is 18.7 Å². The van der Waals surface area contributed by atoms with E-state index in [4.69, 9.17) is 18.8 Å². The van der Waals surface area contributed by atoms with E-state index in [1.807, 2.05) is 27.7 Å². The van der Waals surface area contributed by atoms with Crippen LogP contribution in [0.2, 0.25) is 0 Å². The second kappa shape index (κ2) is 8.94. The average Bonchev–Trinajstić information content (AvgIpc) is 3.32. The lowest BCUT2D eigenvalue weighted by Crippen LogP contribution is -2.41. The zero-order valence-electron chi connectivity index (χ0n) is 20.4. The van der Waals surface area contributed by atoms with Crippen molar-refractivity contribution >= 4 is 24.5 Å². The summed E-state index contributed by atoms with van der Waals surface area (Å²) in [4.78, 5) is 25.8. The van der Waals surface area contributed by atoms with E-state index in [0.29, 0.717) is 11.2 Å². The van der Waals surface area contributed by atoms with Gasteiger partial charge in [-0.3, -0.25) is 0 Å². The molecule has 0 aliphatic carbocycles. The molecule has 0 saturated carbocycles. The van der Waals surface area contributed by atoms with Gasteiger partial charge in [0.1, 0.15) is 17.1 Å². The molecule has 0 unspecified atom stereocenters. The second-order valence-corrected chi connectivity index (χ2v) is 9.10. The van der Waals surface area contributed by atoms with Crippen molar-refractivity contribution in [3.63, 3.8) is 0 Å². The van der Waals surface area contributed by atoms with E-state index >= 15 is 4.39 Å². The summed E-state index contributed by atoms with van der Waals surface area (Å²) in [6.07, 6.45) is 0. The molecule has 0 atom stereocenters. The van der Waals surface area contributed by atoms with Gasteiger partial charge in [-0.05, 0) is 51.4 Å². The number of esters is 2. The molecule has 0 amide bonds. The van der Waals surface area contributed by atoms with Gasteiger partial charge in [0.15, 0.2) is 5.69 Å². The highest BCUT2D eigenvalue weighted by Gasteiger charge is 2.52. The van der Waals surface area contributed by atoms with Crippen molar-refractivity contribution in [2.24, 2.45) is 0 Å². The van der Waals surface area contributed by atoms with Crippen molar-refractivity contribution in [1.82, 2.24) is 9.78 Å². The van der Waals surface area contributed by atoms with E-state index in [9.17, 15) is 9.59 Å². The number of hydrogen-bond acceptors (Lipinski definition) is 7. The third kappa shape index (κ3) is 4.13. The van der Waals surface area contributed by atoms with Gasteiger partial charge >= 0.3 is 19.1 Å². The van der Waals surface area contributed by atoms with Crippen LogP contribution in [-0.2, 0) is 18.8 Å². The Morgan fingerprint density at radius 2 is 1.51 bits per heavy atom. The third-order valence-corrected chi connectivity index (χ3v) is 6.44.